The van der Waals surface area contributed by atoms with Crippen LogP contribution in [0.25, 0.3) is 0 Å². The van der Waals surface area contributed by atoms with E-state index in [4.69, 9.17) is 10.4 Å². The number of amides is 2. The number of benzene rings is 1. The third-order valence-electron chi connectivity index (χ3n) is 3.87. The summed E-state index contributed by atoms with van der Waals surface area (Å²) in [5, 5.41) is 20.1. The fraction of sp³-hybridized carbons (Fsp3) is 0.400. The number of carboxylic acid groups (broad SMARTS) is 1. The second-order valence-electron chi connectivity index (χ2n) is 5.47. The molecule has 1 saturated heterocycles. The Hall–Kier alpha value is -2.76. The van der Waals surface area contributed by atoms with Gasteiger partial charge in [0.2, 0.25) is 0 Å². The Kier molecular flexibility index (Phi) is 4.97. The van der Waals surface area contributed by atoms with Crippen LogP contribution in [0, 0.1) is 23.2 Å². The first-order valence-corrected chi connectivity index (χ1v) is 7.03. The minimum Gasteiger partial charge on any atom is -0.481 e. The van der Waals surface area contributed by atoms with Crippen LogP contribution < -0.4 is 5.32 Å². The molecule has 128 valence electrons. The molecule has 0 aliphatic carbocycles. The van der Waals surface area contributed by atoms with Crippen LogP contribution in [0.2, 0.25) is 0 Å². The summed E-state index contributed by atoms with van der Waals surface area (Å²) in [7, 11) is 0. The van der Waals surface area contributed by atoms with Gasteiger partial charge >= 0.3 is 18.2 Å². The highest BCUT2D eigenvalue weighted by Gasteiger charge is 2.53. The van der Waals surface area contributed by atoms with E-state index in [1.165, 1.54) is 0 Å². The molecule has 2 rings (SSSR count). The number of likely N-dealkylation sites (tertiary alicyclic amines) is 1. The molecule has 1 aliphatic rings. The average Bonchev–Trinajstić information content (AvgIpc) is 2.99. The standard InChI is InChI=1S/C15H14F3N3O3/c16-15(17,18)12-8-21(7-11(12)13(22)23)14(24)20-6-10-3-1-9(5-19)2-4-10/h1-4,11-12H,6-8H2,(H,20,24)(H,22,23)/t11-,12-/m1/s1. The van der Waals surface area contributed by atoms with Crippen molar-refractivity contribution in [1.82, 2.24) is 10.2 Å². The minimum atomic E-state index is -4.68. The predicted octanol–water partition coefficient (Wildman–Crippen LogP) is 1.96. The summed E-state index contributed by atoms with van der Waals surface area (Å²) in [5.74, 6) is -5.30. The number of halogens is 3. The molecule has 1 aromatic rings. The monoisotopic (exact) mass is 341 g/mol. The second kappa shape index (κ2) is 6.78. The summed E-state index contributed by atoms with van der Waals surface area (Å²) < 4.78 is 38.6. The summed E-state index contributed by atoms with van der Waals surface area (Å²) in [6.45, 7) is -1.10. The highest BCUT2D eigenvalue weighted by molar-refractivity contribution is 5.77. The van der Waals surface area contributed by atoms with Gasteiger partial charge in [0, 0.05) is 19.6 Å². The van der Waals surface area contributed by atoms with E-state index in [0.29, 0.717) is 11.1 Å². The molecule has 1 heterocycles. The zero-order chi connectivity index (χ0) is 17.9. The largest absolute Gasteiger partial charge is 0.481 e. The van der Waals surface area contributed by atoms with Gasteiger partial charge in [-0.3, -0.25) is 4.79 Å². The first-order valence-electron chi connectivity index (χ1n) is 7.03. The Balaban J connectivity index is 1.97. The van der Waals surface area contributed by atoms with E-state index in [-0.39, 0.29) is 6.54 Å². The molecular weight excluding hydrogens is 327 g/mol. The summed E-state index contributed by atoms with van der Waals surface area (Å²) in [4.78, 5) is 23.8. The quantitative estimate of drug-likeness (QED) is 0.879. The number of nitriles is 1. The predicted molar refractivity (Wildman–Crippen MR) is 75.6 cm³/mol. The molecule has 9 heteroatoms. The lowest BCUT2D eigenvalue weighted by Gasteiger charge is -2.18. The van der Waals surface area contributed by atoms with Crippen molar-refractivity contribution in [1.29, 1.82) is 5.26 Å². The van der Waals surface area contributed by atoms with Gasteiger partial charge in [-0.05, 0) is 17.7 Å². The van der Waals surface area contributed by atoms with Crippen molar-refractivity contribution in [3.8, 4) is 6.07 Å². The average molecular weight is 341 g/mol. The number of hydrogen-bond donors (Lipinski definition) is 2. The normalized spacial score (nSPS) is 20.5. The Morgan fingerprint density at radius 1 is 1.29 bits per heavy atom. The summed E-state index contributed by atoms with van der Waals surface area (Å²) in [5.41, 5.74) is 1.12. The maximum atomic E-state index is 12.9. The highest BCUT2D eigenvalue weighted by Crippen LogP contribution is 2.37. The van der Waals surface area contributed by atoms with E-state index >= 15 is 0 Å². The van der Waals surface area contributed by atoms with Gasteiger partial charge in [0.1, 0.15) is 0 Å². The van der Waals surface area contributed by atoms with E-state index in [2.05, 4.69) is 5.32 Å². The van der Waals surface area contributed by atoms with Crippen LogP contribution in [0.3, 0.4) is 0 Å². The van der Waals surface area contributed by atoms with Crippen LogP contribution in [0.1, 0.15) is 11.1 Å². The van der Waals surface area contributed by atoms with Crippen LogP contribution >= 0.6 is 0 Å². The lowest BCUT2D eigenvalue weighted by molar-refractivity contribution is -0.187. The zero-order valence-corrected chi connectivity index (χ0v) is 12.4. The molecule has 6 nitrogen and oxygen atoms in total. The maximum absolute atomic E-state index is 12.9. The zero-order valence-electron chi connectivity index (χ0n) is 12.4. The first-order chi connectivity index (χ1) is 11.2. The van der Waals surface area contributed by atoms with Gasteiger partial charge in [-0.1, -0.05) is 12.1 Å². The van der Waals surface area contributed by atoms with E-state index < -0.39 is 43.1 Å². The van der Waals surface area contributed by atoms with Gasteiger partial charge in [-0.25, -0.2) is 4.79 Å². The molecule has 1 aliphatic heterocycles. The maximum Gasteiger partial charge on any atom is 0.394 e. The van der Waals surface area contributed by atoms with Crippen molar-refractivity contribution >= 4 is 12.0 Å². The lowest BCUT2D eigenvalue weighted by Crippen LogP contribution is -2.39. The van der Waals surface area contributed by atoms with Crippen LogP contribution in [-0.4, -0.2) is 41.3 Å². The van der Waals surface area contributed by atoms with Crippen LogP contribution in [0.15, 0.2) is 24.3 Å². The number of rotatable bonds is 3. The molecule has 0 bridgehead atoms. The van der Waals surface area contributed by atoms with Crippen LogP contribution in [0.5, 0.6) is 0 Å². The van der Waals surface area contributed by atoms with Crippen molar-refractivity contribution in [2.45, 2.75) is 12.7 Å². The number of aliphatic carboxylic acids is 1. The van der Waals surface area contributed by atoms with Gasteiger partial charge in [0.05, 0.1) is 23.5 Å². The minimum absolute atomic E-state index is 0.0649. The van der Waals surface area contributed by atoms with Crippen molar-refractivity contribution in [2.24, 2.45) is 11.8 Å². The molecule has 24 heavy (non-hydrogen) atoms. The number of alkyl halides is 3. The molecule has 2 N–H and O–H groups in total. The molecule has 0 unspecified atom stereocenters. The molecule has 2 amide bonds. The number of urea groups is 1. The van der Waals surface area contributed by atoms with E-state index in [1.807, 2.05) is 6.07 Å². The summed E-state index contributed by atoms with van der Waals surface area (Å²) >= 11 is 0. The number of hydrogen-bond acceptors (Lipinski definition) is 3. The fourth-order valence-electron chi connectivity index (χ4n) is 2.54. The van der Waals surface area contributed by atoms with Gasteiger partial charge < -0.3 is 15.3 Å². The van der Waals surface area contributed by atoms with Gasteiger partial charge in [0.15, 0.2) is 0 Å². The topological polar surface area (TPSA) is 93.4 Å². The third-order valence-corrected chi connectivity index (χ3v) is 3.87. The molecular formula is C15H14F3N3O3. The van der Waals surface area contributed by atoms with Crippen molar-refractivity contribution in [2.75, 3.05) is 13.1 Å². The smallest absolute Gasteiger partial charge is 0.394 e. The Bertz CT molecular complexity index is 667. The number of carbonyl (C=O) groups is 2. The van der Waals surface area contributed by atoms with Gasteiger partial charge in [0.25, 0.3) is 0 Å². The number of carbonyl (C=O) groups excluding carboxylic acids is 1. The SMILES string of the molecule is N#Cc1ccc(CNC(=O)N2C[C@@H](C(F)(F)F)[C@H](C(=O)O)C2)cc1. The van der Waals surface area contributed by atoms with Crippen LogP contribution in [0.4, 0.5) is 18.0 Å². The fourth-order valence-corrected chi connectivity index (χ4v) is 2.54. The summed E-state index contributed by atoms with van der Waals surface area (Å²) in [6, 6.07) is 7.52. The van der Waals surface area contributed by atoms with Gasteiger partial charge in [-0.15, -0.1) is 0 Å². The molecule has 0 spiro atoms. The molecule has 0 saturated carbocycles. The molecule has 1 aromatic carbocycles. The molecule has 2 atom stereocenters. The van der Waals surface area contributed by atoms with Crippen LogP contribution in [-0.2, 0) is 11.3 Å². The molecule has 0 radical (unpaired) electrons. The van der Waals surface area contributed by atoms with Crippen molar-refractivity contribution < 1.29 is 27.9 Å². The number of nitrogens with one attached hydrogen (secondary N) is 1. The van der Waals surface area contributed by atoms with E-state index in [1.54, 1.807) is 24.3 Å². The lowest BCUT2D eigenvalue weighted by atomic mass is 9.96. The Morgan fingerprint density at radius 2 is 1.92 bits per heavy atom. The Morgan fingerprint density at radius 3 is 2.38 bits per heavy atom. The van der Waals surface area contributed by atoms with Crippen molar-refractivity contribution in [3.63, 3.8) is 0 Å². The second-order valence-corrected chi connectivity index (χ2v) is 5.47. The van der Waals surface area contributed by atoms with Crippen molar-refractivity contribution in [3.05, 3.63) is 35.4 Å². The first kappa shape index (κ1) is 17.6. The third kappa shape index (κ3) is 3.95. The molecule has 0 aromatic heterocycles. The van der Waals surface area contributed by atoms with Gasteiger partial charge in [-0.2, -0.15) is 18.4 Å². The summed E-state index contributed by atoms with van der Waals surface area (Å²) in [6.07, 6.45) is -4.68. The highest BCUT2D eigenvalue weighted by atomic mass is 19.4. The molecule has 1 fully saturated rings. The Labute approximate surface area is 135 Å². The number of nitrogens with zero attached hydrogens (tertiary/aromatic N) is 2. The van der Waals surface area contributed by atoms with E-state index in [0.717, 1.165) is 4.90 Å². The number of carboxylic acids is 1. The van der Waals surface area contributed by atoms with E-state index in [9.17, 15) is 22.8 Å².